The molecule has 26 heavy (non-hydrogen) atoms. The van der Waals surface area contributed by atoms with Crippen molar-refractivity contribution in [1.29, 1.82) is 0 Å². The van der Waals surface area contributed by atoms with Crippen molar-refractivity contribution in [3.05, 3.63) is 18.2 Å². The van der Waals surface area contributed by atoms with Crippen LogP contribution in [-0.2, 0) is 23.2 Å². The molecule has 7 heteroatoms. The zero-order valence-electron chi connectivity index (χ0n) is 16.7. The summed E-state index contributed by atoms with van der Waals surface area (Å²) >= 11 is 0. The summed E-state index contributed by atoms with van der Waals surface area (Å²) in [5.41, 5.74) is 0. The van der Waals surface area contributed by atoms with Crippen LogP contribution in [0.2, 0.25) is 0 Å². The first-order valence-corrected chi connectivity index (χ1v) is 9.57. The van der Waals surface area contributed by atoms with E-state index in [0.717, 1.165) is 25.3 Å². The molecular weight excluding hydrogens is 330 g/mol. The van der Waals surface area contributed by atoms with E-state index < -0.39 is 0 Å². The lowest BCUT2D eigenvalue weighted by Gasteiger charge is -2.36. The van der Waals surface area contributed by atoms with E-state index >= 15 is 0 Å². The Morgan fingerprint density at radius 2 is 2.12 bits per heavy atom. The van der Waals surface area contributed by atoms with E-state index in [-0.39, 0.29) is 30.3 Å². The molecule has 0 aromatic carbocycles. The molecule has 2 amide bonds. The molecule has 1 aromatic rings. The number of hydrogen-bond acceptors (Lipinski definition) is 4. The quantitative estimate of drug-likeness (QED) is 0.758. The zero-order chi connectivity index (χ0) is 19.3. The van der Waals surface area contributed by atoms with Gasteiger partial charge in [0.15, 0.2) is 0 Å². The molecule has 146 valence electrons. The maximum absolute atomic E-state index is 13.0. The number of hydrogen-bond donors (Lipinski definition) is 1. The Balaban J connectivity index is 2.07. The SMILES string of the molecule is CC(C)CCN1CCNC(=O)C1CC(=O)N(Cc1nccn1C)C(C)C. The molecule has 1 fully saturated rings. The number of amides is 2. The molecule has 2 rings (SSSR count). The number of nitrogens with one attached hydrogen (secondary N) is 1. The lowest BCUT2D eigenvalue weighted by molar-refractivity contribution is -0.140. The average molecular weight is 364 g/mol. The van der Waals surface area contributed by atoms with E-state index in [1.54, 1.807) is 6.20 Å². The van der Waals surface area contributed by atoms with Crippen LogP contribution in [0.1, 0.15) is 46.4 Å². The Labute approximate surface area is 156 Å². The highest BCUT2D eigenvalue weighted by Gasteiger charge is 2.33. The van der Waals surface area contributed by atoms with Crippen LogP contribution in [-0.4, -0.2) is 62.9 Å². The molecule has 0 saturated carbocycles. The Morgan fingerprint density at radius 1 is 1.38 bits per heavy atom. The summed E-state index contributed by atoms with van der Waals surface area (Å²) in [6.07, 6.45) is 4.85. The first-order chi connectivity index (χ1) is 12.3. The monoisotopic (exact) mass is 363 g/mol. The van der Waals surface area contributed by atoms with Crippen molar-refractivity contribution in [2.45, 2.75) is 59.2 Å². The zero-order valence-corrected chi connectivity index (χ0v) is 16.7. The maximum atomic E-state index is 13.0. The van der Waals surface area contributed by atoms with Gasteiger partial charge in [-0.15, -0.1) is 0 Å². The molecule has 0 aliphatic carbocycles. The summed E-state index contributed by atoms with van der Waals surface area (Å²) in [5.74, 6) is 1.39. The van der Waals surface area contributed by atoms with Crippen LogP contribution in [0.4, 0.5) is 0 Å². The Bertz CT molecular complexity index is 611. The first-order valence-electron chi connectivity index (χ1n) is 9.57. The van der Waals surface area contributed by atoms with Crippen LogP contribution >= 0.6 is 0 Å². The molecule has 1 N–H and O–H groups in total. The minimum absolute atomic E-state index is 0.000373. The van der Waals surface area contributed by atoms with Gasteiger partial charge in [-0.25, -0.2) is 4.98 Å². The topological polar surface area (TPSA) is 70.5 Å². The molecule has 1 aromatic heterocycles. The fourth-order valence-electron chi connectivity index (χ4n) is 3.22. The summed E-state index contributed by atoms with van der Waals surface area (Å²) in [5, 5.41) is 2.91. The third-order valence-electron chi connectivity index (χ3n) is 4.98. The fourth-order valence-corrected chi connectivity index (χ4v) is 3.22. The van der Waals surface area contributed by atoms with Crippen LogP contribution in [0.3, 0.4) is 0 Å². The number of aromatic nitrogens is 2. The van der Waals surface area contributed by atoms with Gasteiger partial charge in [-0.1, -0.05) is 13.8 Å². The second-order valence-electron chi connectivity index (χ2n) is 7.80. The first kappa shape index (κ1) is 20.4. The third-order valence-corrected chi connectivity index (χ3v) is 4.98. The van der Waals surface area contributed by atoms with Gasteiger partial charge in [-0.2, -0.15) is 0 Å². The van der Waals surface area contributed by atoms with Crippen molar-refractivity contribution in [2.24, 2.45) is 13.0 Å². The maximum Gasteiger partial charge on any atom is 0.237 e. The van der Waals surface area contributed by atoms with E-state index in [4.69, 9.17) is 0 Å². The molecule has 7 nitrogen and oxygen atoms in total. The Hall–Kier alpha value is -1.89. The second kappa shape index (κ2) is 9.16. The smallest absolute Gasteiger partial charge is 0.237 e. The summed E-state index contributed by atoms with van der Waals surface area (Å²) in [4.78, 5) is 33.7. The second-order valence-corrected chi connectivity index (χ2v) is 7.80. The number of rotatable bonds is 8. The molecule has 0 radical (unpaired) electrons. The van der Waals surface area contributed by atoms with Gasteiger partial charge in [0, 0.05) is 38.6 Å². The molecule has 1 atom stereocenters. The molecule has 1 unspecified atom stereocenters. The number of nitrogens with zero attached hydrogens (tertiary/aromatic N) is 4. The normalized spacial score (nSPS) is 18.4. The number of carbonyl (C=O) groups excluding carboxylic acids is 2. The predicted octanol–water partition coefficient (Wildman–Crippen LogP) is 1.39. The highest BCUT2D eigenvalue weighted by molar-refractivity contribution is 5.88. The lowest BCUT2D eigenvalue weighted by Crippen LogP contribution is -2.57. The minimum Gasteiger partial charge on any atom is -0.353 e. The third kappa shape index (κ3) is 5.30. The van der Waals surface area contributed by atoms with E-state index in [9.17, 15) is 9.59 Å². The van der Waals surface area contributed by atoms with Crippen LogP contribution < -0.4 is 5.32 Å². The highest BCUT2D eigenvalue weighted by Crippen LogP contribution is 2.16. The van der Waals surface area contributed by atoms with Gasteiger partial charge in [0.25, 0.3) is 0 Å². The summed E-state index contributed by atoms with van der Waals surface area (Å²) in [6.45, 7) is 11.1. The molecule has 1 saturated heterocycles. The Kier molecular flexibility index (Phi) is 7.20. The average Bonchev–Trinajstić information content (AvgIpc) is 2.97. The fraction of sp³-hybridized carbons (Fsp3) is 0.737. The summed E-state index contributed by atoms with van der Waals surface area (Å²) in [7, 11) is 1.92. The minimum atomic E-state index is -0.377. The largest absolute Gasteiger partial charge is 0.353 e. The molecule has 2 heterocycles. The van der Waals surface area contributed by atoms with Crippen LogP contribution in [0.25, 0.3) is 0 Å². The standard InChI is InChI=1S/C19H33N5O2/c1-14(2)6-9-23-11-8-21-19(26)16(23)12-18(25)24(15(3)4)13-17-20-7-10-22(17)5/h7,10,14-16H,6,8-9,11-13H2,1-5H3,(H,21,26). The van der Waals surface area contributed by atoms with Crippen LogP contribution in [0, 0.1) is 5.92 Å². The molecule has 0 spiro atoms. The Morgan fingerprint density at radius 3 is 2.69 bits per heavy atom. The van der Waals surface area contributed by atoms with Crippen molar-refractivity contribution < 1.29 is 9.59 Å². The lowest BCUT2D eigenvalue weighted by atomic mass is 10.0. The van der Waals surface area contributed by atoms with Crippen molar-refractivity contribution >= 4 is 11.8 Å². The van der Waals surface area contributed by atoms with Gasteiger partial charge in [-0.05, 0) is 32.7 Å². The summed E-state index contributed by atoms with van der Waals surface area (Å²) < 4.78 is 1.92. The molecule has 1 aliphatic rings. The van der Waals surface area contributed by atoms with E-state index in [1.807, 2.05) is 36.6 Å². The van der Waals surface area contributed by atoms with Gasteiger partial charge >= 0.3 is 0 Å². The van der Waals surface area contributed by atoms with Crippen LogP contribution in [0.15, 0.2) is 12.4 Å². The predicted molar refractivity (Wildman–Crippen MR) is 101 cm³/mol. The van der Waals surface area contributed by atoms with Crippen molar-refractivity contribution in [1.82, 2.24) is 24.7 Å². The molecular formula is C19H33N5O2. The number of carbonyl (C=O) groups is 2. The number of imidazole rings is 1. The van der Waals surface area contributed by atoms with Gasteiger partial charge in [0.1, 0.15) is 5.82 Å². The van der Waals surface area contributed by atoms with E-state index in [1.165, 1.54) is 0 Å². The van der Waals surface area contributed by atoms with Crippen molar-refractivity contribution in [2.75, 3.05) is 19.6 Å². The van der Waals surface area contributed by atoms with Gasteiger partial charge in [-0.3, -0.25) is 14.5 Å². The number of aryl methyl sites for hydroxylation is 1. The van der Waals surface area contributed by atoms with E-state index in [0.29, 0.717) is 19.0 Å². The molecule has 1 aliphatic heterocycles. The van der Waals surface area contributed by atoms with Gasteiger partial charge in [0.2, 0.25) is 11.8 Å². The van der Waals surface area contributed by atoms with Crippen LogP contribution in [0.5, 0.6) is 0 Å². The molecule has 0 bridgehead atoms. The summed E-state index contributed by atoms with van der Waals surface area (Å²) in [6, 6.07) is -0.326. The highest BCUT2D eigenvalue weighted by atomic mass is 16.2. The van der Waals surface area contributed by atoms with E-state index in [2.05, 4.69) is 29.0 Å². The van der Waals surface area contributed by atoms with Crippen molar-refractivity contribution in [3.63, 3.8) is 0 Å². The van der Waals surface area contributed by atoms with Crippen molar-refractivity contribution in [3.8, 4) is 0 Å². The van der Waals surface area contributed by atoms with Gasteiger partial charge in [0.05, 0.1) is 19.0 Å². The number of piperazine rings is 1. The van der Waals surface area contributed by atoms with Gasteiger partial charge < -0.3 is 14.8 Å².